The molecule has 1 spiro atoms. The number of nitrogens with zero attached hydrogens (tertiary/aromatic N) is 2. The molecule has 128 valence electrons. The maximum absolute atomic E-state index is 12.6. The number of nitrogens with one attached hydrogen (secondary N) is 1. The van der Waals surface area contributed by atoms with E-state index in [1.54, 1.807) is 24.3 Å². The summed E-state index contributed by atoms with van der Waals surface area (Å²) in [5.74, 6) is 0.593. The van der Waals surface area contributed by atoms with Crippen LogP contribution in [0.25, 0.3) is 0 Å². The van der Waals surface area contributed by atoms with Crippen molar-refractivity contribution >= 4 is 23.1 Å². The normalized spacial score (nSPS) is 18.2. The van der Waals surface area contributed by atoms with Crippen LogP contribution in [0.4, 0.5) is 11.4 Å². The Balaban J connectivity index is 1.49. The van der Waals surface area contributed by atoms with E-state index in [9.17, 15) is 4.79 Å². The fourth-order valence-corrected chi connectivity index (χ4v) is 3.51. The van der Waals surface area contributed by atoms with Crippen molar-refractivity contribution in [3.05, 3.63) is 59.7 Å². The Morgan fingerprint density at radius 2 is 1.72 bits per heavy atom. The number of benzene rings is 2. The molecular formula is C19H21N5O. The highest BCUT2D eigenvalue weighted by atomic mass is 16.2. The van der Waals surface area contributed by atoms with E-state index in [-0.39, 0.29) is 5.91 Å². The summed E-state index contributed by atoms with van der Waals surface area (Å²) in [6.07, 6.45) is 1.45. The molecule has 0 aromatic heterocycles. The van der Waals surface area contributed by atoms with Gasteiger partial charge in [0.2, 0.25) is 0 Å². The minimum Gasteiger partial charge on any atom is -0.399 e. The smallest absolute Gasteiger partial charge is 0.253 e. The Bertz CT molecular complexity index is 835. The lowest BCUT2D eigenvalue weighted by Gasteiger charge is -2.42. The fourth-order valence-electron chi connectivity index (χ4n) is 3.51. The highest BCUT2D eigenvalue weighted by molar-refractivity contribution is 6.04. The first-order valence-electron chi connectivity index (χ1n) is 8.44. The first kappa shape index (κ1) is 15.5. The van der Waals surface area contributed by atoms with Crippen LogP contribution in [0.5, 0.6) is 0 Å². The molecule has 1 saturated heterocycles. The summed E-state index contributed by atoms with van der Waals surface area (Å²) >= 11 is 0. The molecule has 1 fully saturated rings. The van der Waals surface area contributed by atoms with E-state index >= 15 is 0 Å². The maximum Gasteiger partial charge on any atom is 0.253 e. The molecule has 0 saturated carbocycles. The predicted molar refractivity (Wildman–Crippen MR) is 99.5 cm³/mol. The Hall–Kier alpha value is -3.02. The van der Waals surface area contributed by atoms with Crippen LogP contribution in [0.2, 0.25) is 0 Å². The molecule has 6 heteroatoms. The van der Waals surface area contributed by atoms with Gasteiger partial charge in [-0.3, -0.25) is 4.79 Å². The van der Waals surface area contributed by atoms with Gasteiger partial charge in [-0.05, 0) is 36.4 Å². The van der Waals surface area contributed by atoms with Gasteiger partial charge in [0.05, 0.1) is 0 Å². The van der Waals surface area contributed by atoms with Gasteiger partial charge in [-0.2, -0.15) is 0 Å². The number of rotatable bonds is 1. The first-order chi connectivity index (χ1) is 12.1. The summed E-state index contributed by atoms with van der Waals surface area (Å²) in [6.45, 7) is 1.27. The van der Waals surface area contributed by atoms with Crippen molar-refractivity contribution in [1.82, 2.24) is 4.90 Å². The lowest BCUT2D eigenvalue weighted by Crippen LogP contribution is -2.52. The molecule has 6 nitrogen and oxygen atoms in total. The molecule has 0 bridgehead atoms. The van der Waals surface area contributed by atoms with Crippen molar-refractivity contribution in [2.75, 3.05) is 24.1 Å². The summed E-state index contributed by atoms with van der Waals surface area (Å²) in [6, 6.07) is 15.0. The number of fused-ring (bicyclic) bond motifs is 1. The number of carbonyl (C=O) groups excluding carboxylic acids is 1. The van der Waals surface area contributed by atoms with Crippen molar-refractivity contribution in [3.63, 3.8) is 0 Å². The summed E-state index contributed by atoms with van der Waals surface area (Å²) in [5, 5.41) is 3.53. The Kier molecular flexibility index (Phi) is 3.60. The molecule has 0 radical (unpaired) electrons. The second kappa shape index (κ2) is 5.81. The summed E-state index contributed by atoms with van der Waals surface area (Å²) in [5.41, 5.74) is 14.7. The van der Waals surface area contributed by atoms with E-state index in [1.165, 1.54) is 0 Å². The van der Waals surface area contributed by atoms with Crippen LogP contribution in [-0.4, -0.2) is 35.4 Å². The third-order valence-electron chi connectivity index (χ3n) is 4.94. The Morgan fingerprint density at radius 3 is 2.44 bits per heavy atom. The van der Waals surface area contributed by atoms with Crippen LogP contribution in [0.15, 0.2) is 53.5 Å². The van der Waals surface area contributed by atoms with E-state index in [0.29, 0.717) is 30.2 Å². The molecule has 2 aliphatic rings. The number of para-hydroxylation sites is 1. The van der Waals surface area contributed by atoms with Gasteiger partial charge in [-0.25, -0.2) is 4.99 Å². The molecular weight excluding hydrogens is 314 g/mol. The van der Waals surface area contributed by atoms with Gasteiger partial charge >= 0.3 is 0 Å². The van der Waals surface area contributed by atoms with E-state index in [1.807, 2.05) is 29.2 Å². The number of likely N-dealkylation sites (tertiary alicyclic amines) is 1. The van der Waals surface area contributed by atoms with Crippen molar-refractivity contribution in [2.24, 2.45) is 10.7 Å². The highest BCUT2D eigenvalue weighted by Crippen LogP contribution is 2.34. The SMILES string of the molecule is NC1=NC2(CCN(C(=O)c3ccc(N)cc3)CC2)Nc2ccccc21. The molecule has 25 heavy (non-hydrogen) atoms. The molecule has 4 rings (SSSR count). The number of amides is 1. The largest absolute Gasteiger partial charge is 0.399 e. The van der Waals surface area contributed by atoms with Gasteiger partial charge < -0.3 is 21.7 Å². The molecule has 5 N–H and O–H groups in total. The molecule has 2 heterocycles. The minimum absolute atomic E-state index is 0.0306. The number of piperidine rings is 1. The highest BCUT2D eigenvalue weighted by Gasteiger charge is 2.38. The topological polar surface area (TPSA) is 96.7 Å². The quantitative estimate of drug-likeness (QED) is 0.695. The van der Waals surface area contributed by atoms with E-state index in [2.05, 4.69) is 5.32 Å². The van der Waals surface area contributed by atoms with Crippen molar-refractivity contribution in [3.8, 4) is 0 Å². The van der Waals surface area contributed by atoms with Gasteiger partial charge in [0.15, 0.2) is 0 Å². The van der Waals surface area contributed by atoms with E-state index in [0.717, 1.165) is 24.1 Å². The number of hydrogen-bond donors (Lipinski definition) is 3. The van der Waals surface area contributed by atoms with Gasteiger partial charge in [-0.1, -0.05) is 12.1 Å². The number of nitrogen functional groups attached to an aromatic ring is 1. The Morgan fingerprint density at radius 1 is 1.04 bits per heavy atom. The van der Waals surface area contributed by atoms with E-state index < -0.39 is 5.66 Å². The van der Waals surface area contributed by atoms with Gasteiger partial charge in [0, 0.05) is 48.4 Å². The van der Waals surface area contributed by atoms with Crippen molar-refractivity contribution < 1.29 is 4.79 Å². The lowest BCUT2D eigenvalue weighted by molar-refractivity contribution is 0.0685. The molecule has 0 aliphatic carbocycles. The standard InChI is InChI=1S/C19H21N5O/c20-14-7-5-13(6-8-14)18(25)24-11-9-19(10-12-24)22-16-4-2-1-3-15(16)17(21)23-19/h1-8,22H,9-12,20H2,(H2,21,23). The summed E-state index contributed by atoms with van der Waals surface area (Å²) < 4.78 is 0. The van der Waals surface area contributed by atoms with Gasteiger partial charge in [0.25, 0.3) is 5.91 Å². The van der Waals surface area contributed by atoms with Gasteiger partial charge in [-0.15, -0.1) is 0 Å². The zero-order valence-corrected chi connectivity index (χ0v) is 13.9. The number of hydrogen-bond acceptors (Lipinski definition) is 5. The molecule has 0 unspecified atom stereocenters. The number of nitrogens with two attached hydrogens (primary N) is 2. The third kappa shape index (κ3) is 2.80. The van der Waals surface area contributed by atoms with Crippen LogP contribution < -0.4 is 16.8 Å². The second-order valence-corrected chi connectivity index (χ2v) is 6.61. The molecule has 2 aliphatic heterocycles. The molecule has 2 aromatic carbocycles. The molecule has 2 aromatic rings. The van der Waals surface area contributed by atoms with E-state index in [4.69, 9.17) is 16.5 Å². The van der Waals surface area contributed by atoms with Crippen LogP contribution in [-0.2, 0) is 0 Å². The summed E-state index contributed by atoms with van der Waals surface area (Å²) in [4.78, 5) is 19.2. The lowest BCUT2D eigenvalue weighted by atomic mass is 9.93. The Labute approximate surface area is 146 Å². The van der Waals surface area contributed by atoms with Crippen LogP contribution in [0, 0.1) is 0 Å². The predicted octanol–water partition coefficient (Wildman–Crippen LogP) is 2.03. The number of amidine groups is 1. The second-order valence-electron chi connectivity index (χ2n) is 6.61. The van der Waals surface area contributed by atoms with Crippen LogP contribution in [0.1, 0.15) is 28.8 Å². The number of carbonyl (C=O) groups is 1. The average Bonchev–Trinajstić information content (AvgIpc) is 2.62. The maximum atomic E-state index is 12.6. The minimum atomic E-state index is -0.420. The van der Waals surface area contributed by atoms with Gasteiger partial charge in [0.1, 0.15) is 11.5 Å². The average molecular weight is 335 g/mol. The third-order valence-corrected chi connectivity index (χ3v) is 4.94. The monoisotopic (exact) mass is 335 g/mol. The molecule has 1 amide bonds. The fraction of sp³-hybridized carbons (Fsp3) is 0.263. The van der Waals surface area contributed by atoms with Crippen molar-refractivity contribution in [1.29, 1.82) is 0 Å². The van der Waals surface area contributed by atoms with Crippen LogP contribution >= 0.6 is 0 Å². The molecule has 0 atom stereocenters. The zero-order valence-electron chi connectivity index (χ0n) is 13.9. The number of anilines is 2. The summed E-state index contributed by atoms with van der Waals surface area (Å²) in [7, 11) is 0. The number of aliphatic imine (C=N–C) groups is 1. The first-order valence-corrected chi connectivity index (χ1v) is 8.44. The van der Waals surface area contributed by atoms with Crippen LogP contribution in [0.3, 0.4) is 0 Å². The van der Waals surface area contributed by atoms with Crippen molar-refractivity contribution in [2.45, 2.75) is 18.5 Å². The zero-order chi connectivity index (χ0) is 17.4.